The summed E-state index contributed by atoms with van der Waals surface area (Å²) in [5.41, 5.74) is 7.38. The first kappa shape index (κ1) is 70.8. The van der Waals surface area contributed by atoms with Gasteiger partial charge in [0.15, 0.2) is 0 Å². The molecule has 0 aliphatic rings. The molecule has 0 saturated carbocycles. The van der Waals surface area contributed by atoms with Crippen molar-refractivity contribution < 1.29 is 16.5 Å². The van der Waals surface area contributed by atoms with Crippen LogP contribution < -0.4 is 0 Å². The second-order valence-electron chi connectivity index (χ2n) is 22.9. The van der Waals surface area contributed by atoms with Crippen molar-refractivity contribution >= 4 is 22.8 Å². The molecule has 2 rings (SSSR count). The molecular weight excluding hydrogens is 951 g/mol. The van der Waals surface area contributed by atoms with Gasteiger partial charge in [-0.05, 0) is 100 Å². The number of hydrogen-bond donors (Lipinski definition) is 0. The molecule has 0 fully saturated rings. The predicted molar refractivity (Wildman–Crippen MR) is 337 cm³/mol. The van der Waals surface area contributed by atoms with Crippen molar-refractivity contribution in [1.82, 2.24) is 0 Å². The Morgan fingerprint density at radius 1 is 0.280 bits per heavy atom. The SMILES string of the molecule is CCCCCCCCCCCCCCCCCCCCCC=CCCc1ccccc1N=C(CCCC)C(CCCC)=Nc1ccccc1CCC=CCCCCCCCCCCCCCCCCCCCCC.[Ni]. The van der Waals surface area contributed by atoms with Crippen LogP contribution in [0.1, 0.15) is 347 Å². The molecule has 0 unspecified atom stereocenters. The zero-order chi connectivity index (χ0) is 52.7. The predicted octanol–water partition coefficient (Wildman–Crippen LogP) is 25.5. The third-order valence-electron chi connectivity index (χ3n) is 15.8. The van der Waals surface area contributed by atoms with Gasteiger partial charge in [-0.3, -0.25) is 9.98 Å². The summed E-state index contributed by atoms with van der Waals surface area (Å²) in [6, 6.07) is 17.8. The summed E-state index contributed by atoms with van der Waals surface area (Å²) in [6.07, 6.45) is 77.6. The Balaban J connectivity index is 0.0000281. The van der Waals surface area contributed by atoms with E-state index in [1.165, 1.54) is 279 Å². The quantitative estimate of drug-likeness (QED) is 0.0273. The van der Waals surface area contributed by atoms with E-state index in [4.69, 9.17) is 9.98 Å². The van der Waals surface area contributed by atoms with Gasteiger partial charge in [-0.15, -0.1) is 0 Å². The van der Waals surface area contributed by atoms with E-state index < -0.39 is 0 Å². The fourth-order valence-corrected chi connectivity index (χ4v) is 10.8. The van der Waals surface area contributed by atoms with Crippen molar-refractivity contribution in [2.24, 2.45) is 9.98 Å². The summed E-state index contributed by atoms with van der Waals surface area (Å²) in [4.78, 5) is 11.0. The van der Waals surface area contributed by atoms with Crippen molar-refractivity contribution in [2.45, 2.75) is 349 Å². The van der Waals surface area contributed by atoms with Crippen LogP contribution >= 0.6 is 0 Å². The molecule has 0 aliphatic carbocycles. The first-order valence-corrected chi connectivity index (χ1v) is 33.3. The number of allylic oxidation sites excluding steroid dienone is 4. The van der Waals surface area contributed by atoms with Gasteiger partial charge in [0, 0.05) is 16.5 Å². The summed E-state index contributed by atoms with van der Waals surface area (Å²) >= 11 is 0. The Labute approximate surface area is 479 Å². The van der Waals surface area contributed by atoms with E-state index in [0.717, 1.165) is 75.6 Å². The molecule has 0 radical (unpaired) electrons. The topological polar surface area (TPSA) is 24.7 Å². The summed E-state index contributed by atoms with van der Waals surface area (Å²) in [6.45, 7) is 9.22. The van der Waals surface area contributed by atoms with Crippen molar-refractivity contribution in [3.63, 3.8) is 0 Å². The normalized spacial score (nSPS) is 12.2. The molecule has 0 N–H and O–H groups in total. The fourth-order valence-electron chi connectivity index (χ4n) is 10.8. The zero-order valence-electron chi connectivity index (χ0n) is 50.5. The van der Waals surface area contributed by atoms with Crippen LogP contribution in [0.2, 0.25) is 0 Å². The molecule has 3 heteroatoms. The molecule has 0 saturated heterocycles. The minimum atomic E-state index is 0. The van der Waals surface area contributed by atoms with E-state index in [1.54, 1.807) is 0 Å². The standard InChI is InChI=1S/C72H124N2.Ni/c1-5-9-13-15-17-19-21-23-25-27-29-31-33-35-37-39-41-43-45-47-49-51-53-59-67-61-55-57-65-69(67)73-71(63-11-7-3)72(64-12-8-4)74-70-66-58-56-62-68(70)60-54-52-50-48-46-44-42-40-38-36-34-32-30-28-26-24-22-20-18-16-14-10-6-2;/h49-52,55-58,61-62,65-66H,5-48,53-54,59-60,63-64H2,1-4H3;. The fraction of sp³-hybridized carbons (Fsp3) is 0.750. The third kappa shape index (κ3) is 43.3. The Morgan fingerprint density at radius 2 is 0.507 bits per heavy atom. The van der Waals surface area contributed by atoms with Crippen LogP contribution in [-0.4, -0.2) is 11.4 Å². The summed E-state index contributed by atoms with van der Waals surface area (Å²) in [5.74, 6) is 0. The first-order chi connectivity index (χ1) is 36.7. The number of nitrogens with zero attached hydrogens (tertiary/aromatic N) is 2. The number of rotatable bonds is 55. The summed E-state index contributed by atoms with van der Waals surface area (Å²) in [7, 11) is 0. The van der Waals surface area contributed by atoms with Crippen LogP contribution in [0.25, 0.3) is 0 Å². The third-order valence-corrected chi connectivity index (χ3v) is 15.8. The van der Waals surface area contributed by atoms with Crippen molar-refractivity contribution in [1.29, 1.82) is 0 Å². The molecule has 0 aromatic heterocycles. The molecule has 2 aromatic rings. The van der Waals surface area contributed by atoms with Gasteiger partial charge in [0.2, 0.25) is 0 Å². The van der Waals surface area contributed by atoms with Crippen LogP contribution in [0, 0.1) is 0 Å². The number of hydrogen-bond acceptors (Lipinski definition) is 2. The average molecular weight is 1080 g/mol. The van der Waals surface area contributed by atoms with Gasteiger partial charge < -0.3 is 0 Å². The van der Waals surface area contributed by atoms with E-state index in [9.17, 15) is 0 Å². The smallest absolute Gasteiger partial charge is 0.0665 e. The number of unbranched alkanes of at least 4 members (excludes halogenated alkanes) is 40. The van der Waals surface area contributed by atoms with E-state index >= 15 is 0 Å². The van der Waals surface area contributed by atoms with Crippen LogP contribution in [0.5, 0.6) is 0 Å². The van der Waals surface area contributed by atoms with E-state index in [1.807, 2.05) is 0 Å². The molecule has 2 nitrogen and oxygen atoms in total. The van der Waals surface area contributed by atoms with Gasteiger partial charge in [0.25, 0.3) is 0 Å². The Hall–Kier alpha value is -2.25. The number of para-hydroxylation sites is 2. The molecule has 0 aliphatic heterocycles. The van der Waals surface area contributed by atoms with Crippen LogP contribution in [0.4, 0.5) is 11.4 Å². The van der Waals surface area contributed by atoms with E-state index in [-0.39, 0.29) is 16.5 Å². The maximum absolute atomic E-state index is 5.50. The number of benzene rings is 2. The van der Waals surface area contributed by atoms with Gasteiger partial charge in [-0.25, -0.2) is 0 Å². The molecule has 0 heterocycles. The molecule has 0 atom stereocenters. The molecular formula is C72H124N2Ni. The zero-order valence-corrected chi connectivity index (χ0v) is 51.5. The van der Waals surface area contributed by atoms with Crippen molar-refractivity contribution in [3.05, 3.63) is 84.0 Å². The molecule has 0 amide bonds. The van der Waals surface area contributed by atoms with Crippen LogP contribution in [0.15, 0.2) is 82.8 Å². The van der Waals surface area contributed by atoms with Gasteiger partial charge in [0.1, 0.15) is 0 Å². The Bertz CT molecular complexity index is 1500. The van der Waals surface area contributed by atoms with Gasteiger partial charge in [-0.1, -0.05) is 332 Å². The molecule has 432 valence electrons. The maximum Gasteiger partial charge on any atom is 0.0665 e. The average Bonchev–Trinajstić information content (AvgIpc) is 3.42. The maximum atomic E-state index is 5.50. The molecule has 75 heavy (non-hydrogen) atoms. The minimum Gasteiger partial charge on any atom is -0.251 e. The number of aliphatic imine (C=N–C) groups is 2. The van der Waals surface area contributed by atoms with Gasteiger partial charge in [0.05, 0.1) is 22.8 Å². The Morgan fingerprint density at radius 3 is 0.773 bits per heavy atom. The van der Waals surface area contributed by atoms with E-state index in [0.29, 0.717) is 0 Å². The second-order valence-corrected chi connectivity index (χ2v) is 22.9. The molecule has 0 bridgehead atoms. The first-order valence-electron chi connectivity index (χ1n) is 33.3. The molecule has 2 aromatic carbocycles. The monoisotopic (exact) mass is 1070 g/mol. The van der Waals surface area contributed by atoms with Gasteiger partial charge >= 0.3 is 0 Å². The van der Waals surface area contributed by atoms with Crippen LogP contribution in [-0.2, 0) is 29.3 Å². The van der Waals surface area contributed by atoms with Gasteiger partial charge in [-0.2, -0.15) is 0 Å². The largest absolute Gasteiger partial charge is 0.251 e. The van der Waals surface area contributed by atoms with Crippen molar-refractivity contribution in [2.75, 3.05) is 0 Å². The molecule has 0 spiro atoms. The summed E-state index contributed by atoms with van der Waals surface area (Å²) < 4.78 is 0. The minimum absolute atomic E-state index is 0. The van der Waals surface area contributed by atoms with Crippen LogP contribution in [0.3, 0.4) is 0 Å². The number of aryl methyl sites for hydroxylation is 2. The van der Waals surface area contributed by atoms with Crippen molar-refractivity contribution in [3.8, 4) is 0 Å². The van der Waals surface area contributed by atoms with E-state index in [2.05, 4.69) is 101 Å². The second kappa shape index (κ2) is 56.5. The summed E-state index contributed by atoms with van der Waals surface area (Å²) in [5, 5.41) is 0. The Kier molecular flexibility index (Phi) is 53.3.